The molecule has 0 radical (unpaired) electrons. The molecule has 5 nitrogen and oxygen atoms in total. The fraction of sp³-hybridized carbons (Fsp3) is 0.476. The highest BCUT2D eigenvalue weighted by atomic mass is 35.5. The van der Waals surface area contributed by atoms with Gasteiger partial charge in [-0.2, -0.15) is 0 Å². The summed E-state index contributed by atoms with van der Waals surface area (Å²) in [4.78, 5) is 14.3. The smallest absolute Gasteiger partial charge is 0.341 e. The second kappa shape index (κ2) is 9.79. The third kappa shape index (κ3) is 5.51. The lowest BCUT2D eigenvalue weighted by Gasteiger charge is -2.32. The second-order valence-electron chi connectivity index (χ2n) is 7.08. The van der Waals surface area contributed by atoms with Gasteiger partial charge in [-0.3, -0.25) is 4.90 Å². The van der Waals surface area contributed by atoms with Crippen LogP contribution in [0.4, 0.5) is 0 Å². The number of nitrogens with zero attached hydrogens (tertiary/aromatic N) is 1. The van der Waals surface area contributed by atoms with E-state index < -0.39 is 0 Å². The molecule has 0 unspecified atom stereocenters. The molecule has 0 atom stereocenters. The molecule has 152 valence electrons. The molecule has 0 amide bonds. The molecule has 7 heteroatoms. The number of rotatable bonds is 7. The summed E-state index contributed by atoms with van der Waals surface area (Å²) in [6.45, 7) is 7.46. The number of furan rings is 1. The van der Waals surface area contributed by atoms with E-state index in [0.717, 1.165) is 38.2 Å². The van der Waals surface area contributed by atoms with Crippen molar-refractivity contribution in [3.63, 3.8) is 0 Å². The Kier molecular flexibility index (Phi) is 7.41. The number of piperidine rings is 1. The SMILES string of the molecule is CCOC(=O)c1cc(CNC2CCN(Cc3ccc(Cl)c(Cl)c3)CC2)oc1C. The zero-order chi connectivity index (χ0) is 20.1. The van der Waals surface area contributed by atoms with Crippen LogP contribution in [0.25, 0.3) is 0 Å². The average Bonchev–Trinajstić information content (AvgIpc) is 3.05. The lowest BCUT2D eigenvalue weighted by molar-refractivity contribution is 0.0524. The summed E-state index contributed by atoms with van der Waals surface area (Å²) in [5, 5.41) is 4.73. The van der Waals surface area contributed by atoms with Gasteiger partial charge in [-0.25, -0.2) is 4.79 Å². The molecule has 2 heterocycles. The maximum absolute atomic E-state index is 11.9. The first-order valence-corrected chi connectivity index (χ1v) is 10.4. The summed E-state index contributed by atoms with van der Waals surface area (Å²) in [6, 6.07) is 8.03. The predicted octanol–water partition coefficient (Wildman–Crippen LogP) is 4.83. The van der Waals surface area contributed by atoms with E-state index in [1.165, 1.54) is 5.56 Å². The first-order chi connectivity index (χ1) is 13.5. The molecule has 1 N–H and O–H groups in total. The minimum Gasteiger partial charge on any atom is -0.464 e. The Morgan fingerprint density at radius 1 is 1.25 bits per heavy atom. The van der Waals surface area contributed by atoms with Crippen LogP contribution in [0.3, 0.4) is 0 Å². The second-order valence-corrected chi connectivity index (χ2v) is 7.90. The maximum atomic E-state index is 11.9. The molecule has 28 heavy (non-hydrogen) atoms. The summed E-state index contributed by atoms with van der Waals surface area (Å²) in [5.41, 5.74) is 1.69. The van der Waals surface area contributed by atoms with Gasteiger partial charge in [0.2, 0.25) is 0 Å². The van der Waals surface area contributed by atoms with Crippen LogP contribution in [0.2, 0.25) is 10.0 Å². The highest BCUT2D eigenvalue weighted by Gasteiger charge is 2.21. The monoisotopic (exact) mass is 424 g/mol. The summed E-state index contributed by atoms with van der Waals surface area (Å²) in [7, 11) is 0. The number of nitrogens with one attached hydrogen (secondary N) is 1. The number of halogens is 2. The van der Waals surface area contributed by atoms with E-state index in [9.17, 15) is 4.79 Å². The molecule has 3 rings (SSSR count). The van der Waals surface area contributed by atoms with Gasteiger partial charge in [-0.1, -0.05) is 29.3 Å². The molecular weight excluding hydrogens is 399 g/mol. The lowest BCUT2D eigenvalue weighted by atomic mass is 10.0. The lowest BCUT2D eigenvalue weighted by Crippen LogP contribution is -2.41. The van der Waals surface area contributed by atoms with E-state index in [1.807, 2.05) is 18.2 Å². The van der Waals surface area contributed by atoms with E-state index >= 15 is 0 Å². The van der Waals surface area contributed by atoms with Crippen LogP contribution < -0.4 is 5.32 Å². The van der Waals surface area contributed by atoms with E-state index in [-0.39, 0.29) is 5.97 Å². The minimum atomic E-state index is -0.328. The number of likely N-dealkylation sites (tertiary alicyclic amines) is 1. The third-order valence-electron chi connectivity index (χ3n) is 5.01. The highest BCUT2D eigenvalue weighted by Crippen LogP contribution is 2.24. The van der Waals surface area contributed by atoms with E-state index in [1.54, 1.807) is 19.9 Å². The molecular formula is C21H26Cl2N2O3. The molecule has 2 aromatic rings. The molecule has 1 saturated heterocycles. The Labute approximate surface area is 175 Å². The summed E-state index contributed by atoms with van der Waals surface area (Å²) in [6.07, 6.45) is 2.12. The molecule has 1 aliphatic heterocycles. The van der Waals surface area contributed by atoms with Crippen LogP contribution in [-0.2, 0) is 17.8 Å². The fourth-order valence-electron chi connectivity index (χ4n) is 3.48. The summed E-state index contributed by atoms with van der Waals surface area (Å²) >= 11 is 12.1. The van der Waals surface area contributed by atoms with Crippen LogP contribution in [0.15, 0.2) is 28.7 Å². The van der Waals surface area contributed by atoms with Gasteiger partial charge in [0, 0.05) is 12.6 Å². The van der Waals surface area contributed by atoms with Gasteiger partial charge in [0.1, 0.15) is 17.1 Å². The fourth-order valence-corrected chi connectivity index (χ4v) is 3.80. The molecule has 0 bridgehead atoms. The van der Waals surface area contributed by atoms with Gasteiger partial charge in [-0.05, 0) is 63.5 Å². The number of esters is 1. The third-order valence-corrected chi connectivity index (χ3v) is 5.75. The van der Waals surface area contributed by atoms with Crippen molar-refractivity contribution in [2.75, 3.05) is 19.7 Å². The predicted molar refractivity (Wildman–Crippen MR) is 111 cm³/mol. The molecule has 0 aliphatic carbocycles. The molecule has 1 aromatic heterocycles. The zero-order valence-corrected chi connectivity index (χ0v) is 17.8. The topological polar surface area (TPSA) is 54.7 Å². The van der Waals surface area contributed by atoms with Crippen molar-refractivity contribution < 1.29 is 13.9 Å². The number of hydrogen-bond acceptors (Lipinski definition) is 5. The summed E-state index contributed by atoms with van der Waals surface area (Å²) in [5.74, 6) is 1.04. The van der Waals surface area contributed by atoms with Crippen molar-refractivity contribution in [3.8, 4) is 0 Å². The Morgan fingerprint density at radius 3 is 2.68 bits per heavy atom. The molecule has 0 saturated carbocycles. The normalized spacial score (nSPS) is 15.7. The Morgan fingerprint density at radius 2 is 2.00 bits per heavy atom. The zero-order valence-electron chi connectivity index (χ0n) is 16.3. The maximum Gasteiger partial charge on any atom is 0.341 e. The number of hydrogen-bond donors (Lipinski definition) is 1. The van der Waals surface area contributed by atoms with E-state index in [0.29, 0.717) is 40.6 Å². The van der Waals surface area contributed by atoms with Gasteiger partial charge in [0.15, 0.2) is 0 Å². The standard InChI is InChI=1S/C21H26Cl2N2O3/c1-3-27-21(26)18-11-17(28-14(18)2)12-24-16-6-8-25(9-7-16)13-15-4-5-19(22)20(23)10-15/h4-5,10-11,16,24H,3,6-9,12-13H2,1-2H3. The van der Waals surface area contributed by atoms with Gasteiger partial charge in [-0.15, -0.1) is 0 Å². The number of carbonyl (C=O) groups excluding carboxylic acids is 1. The first kappa shape index (κ1) is 21.2. The highest BCUT2D eigenvalue weighted by molar-refractivity contribution is 6.42. The Hall–Kier alpha value is -1.53. The minimum absolute atomic E-state index is 0.328. The molecule has 1 aromatic carbocycles. The van der Waals surface area contributed by atoms with Crippen molar-refractivity contribution >= 4 is 29.2 Å². The van der Waals surface area contributed by atoms with Crippen LogP contribution in [0, 0.1) is 6.92 Å². The van der Waals surface area contributed by atoms with E-state index in [2.05, 4.69) is 10.2 Å². The van der Waals surface area contributed by atoms with Gasteiger partial charge < -0.3 is 14.5 Å². The first-order valence-electron chi connectivity index (χ1n) is 9.62. The van der Waals surface area contributed by atoms with Crippen LogP contribution in [0.5, 0.6) is 0 Å². The van der Waals surface area contributed by atoms with Crippen LogP contribution in [-0.4, -0.2) is 36.6 Å². The van der Waals surface area contributed by atoms with Gasteiger partial charge in [0.05, 0.1) is 23.2 Å². The van der Waals surface area contributed by atoms with Gasteiger partial charge in [0.25, 0.3) is 0 Å². The van der Waals surface area contributed by atoms with E-state index in [4.69, 9.17) is 32.4 Å². The summed E-state index contributed by atoms with van der Waals surface area (Å²) < 4.78 is 10.7. The average molecular weight is 425 g/mol. The van der Waals surface area contributed by atoms with Crippen molar-refractivity contribution in [1.29, 1.82) is 0 Å². The number of aryl methyl sites for hydroxylation is 1. The number of benzene rings is 1. The number of carbonyl (C=O) groups is 1. The van der Waals surface area contributed by atoms with Crippen molar-refractivity contribution in [1.82, 2.24) is 10.2 Å². The molecule has 1 fully saturated rings. The van der Waals surface area contributed by atoms with Gasteiger partial charge >= 0.3 is 5.97 Å². The van der Waals surface area contributed by atoms with Crippen molar-refractivity contribution in [2.45, 2.75) is 45.8 Å². The quantitative estimate of drug-likeness (QED) is 0.645. The molecule has 0 spiro atoms. The van der Waals surface area contributed by atoms with Crippen LogP contribution >= 0.6 is 23.2 Å². The van der Waals surface area contributed by atoms with Crippen LogP contribution in [0.1, 0.15) is 47.2 Å². The van der Waals surface area contributed by atoms with Crippen molar-refractivity contribution in [3.05, 3.63) is 57.0 Å². The van der Waals surface area contributed by atoms with Crippen molar-refractivity contribution in [2.24, 2.45) is 0 Å². The Balaban J connectivity index is 1.45. The molecule has 1 aliphatic rings. The largest absolute Gasteiger partial charge is 0.464 e. The Bertz CT molecular complexity index is 814. The number of ether oxygens (including phenoxy) is 1.